The summed E-state index contributed by atoms with van der Waals surface area (Å²) in [7, 11) is 0. The summed E-state index contributed by atoms with van der Waals surface area (Å²) in [5, 5.41) is 12.0. The van der Waals surface area contributed by atoms with Crippen molar-refractivity contribution in [1.29, 1.82) is 5.26 Å². The lowest BCUT2D eigenvalue weighted by Crippen LogP contribution is -2.44. The van der Waals surface area contributed by atoms with Gasteiger partial charge in [0, 0.05) is 32.4 Å². The van der Waals surface area contributed by atoms with Gasteiger partial charge in [-0.15, -0.1) is 0 Å². The zero-order valence-electron chi connectivity index (χ0n) is 11.4. The number of nitrogens with one attached hydrogen (secondary N) is 1. The molecule has 1 aromatic heterocycles. The van der Waals surface area contributed by atoms with E-state index in [1.165, 1.54) is 0 Å². The summed E-state index contributed by atoms with van der Waals surface area (Å²) in [5.41, 5.74) is 5.94. The van der Waals surface area contributed by atoms with E-state index in [2.05, 4.69) is 16.4 Å². The predicted molar refractivity (Wildman–Crippen MR) is 76.0 cm³/mol. The van der Waals surface area contributed by atoms with E-state index in [9.17, 15) is 4.79 Å². The molecule has 1 unspecified atom stereocenters. The van der Waals surface area contributed by atoms with Crippen molar-refractivity contribution in [2.45, 2.75) is 12.8 Å². The fourth-order valence-corrected chi connectivity index (χ4v) is 2.46. The molecule has 2 rings (SSSR count). The SMILES string of the molecule is N#Cc1cccnc1N1CCCC(C(=O)NCCN)C1. The Bertz CT molecular complexity index is 511. The van der Waals surface area contributed by atoms with Crippen molar-refractivity contribution >= 4 is 11.7 Å². The van der Waals surface area contributed by atoms with Crippen molar-refractivity contribution in [3.63, 3.8) is 0 Å². The molecule has 0 saturated carbocycles. The molecule has 6 nitrogen and oxygen atoms in total. The number of amides is 1. The standard InChI is InChI=1S/C14H19N5O/c15-5-7-18-14(20)12-4-2-8-19(10-12)13-11(9-16)3-1-6-17-13/h1,3,6,12H,2,4-5,7-8,10,15H2,(H,18,20). The number of aromatic nitrogens is 1. The summed E-state index contributed by atoms with van der Waals surface area (Å²) in [4.78, 5) is 18.3. The van der Waals surface area contributed by atoms with Crippen molar-refractivity contribution < 1.29 is 4.79 Å². The van der Waals surface area contributed by atoms with E-state index < -0.39 is 0 Å². The monoisotopic (exact) mass is 273 g/mol. The molecule has 1 saturated heterocycles. The molecule has 0 spiro atoms. The minimum atomic E-state index is -0.0659. The Balaban J connectivity index is 2.07. The van der Waals surface area contributed by atoms with Gasteiger partial charge in [0.25, 0.3) is 0 Å². The lowest BCUT2D eigenvalue weighted by Gasteiger charge is -2.33. The molecule has 1 amide bonds. The normalized spacial score (nSPS) is 18.4. The molecular formula is C14H19N5O. The Morgan fingerprint density at radius 3 is 3.25 bits per heavy atom. The van der Waals surface area contributed by atoms with Gasteiger partial charge in [0.2, 0.25) is 5.91 Å². The Hall–Kier alpha value is -2.13. The van der Waals surface area contributed by atoms with Crippen LogP contribution in [0, 0.1) is 17.2 Å². The Kier molecular flexibility index (Phi) is 4.91. The fraction of sp³-hybridized carbons (Fsp3) is 0.500. The van der Waals surface area contributed by atoms with Crippen LogP contribution in [0.1, 0.15) is 18.4 Å². The van der Waals surface area contributed by atoms with Crippen LogP contribution in [0.3, 0.4) is 0 Å². The van der Waals surface area contributed by atoms with Crippen molar-refractivity contribution in [2.75, 3.05) is 31.1 Å². The first kappa shape index (κ1) is 14.3. The van der Waals surface area contributed by atoms with Crippen LogP contribution >= 0.6 is 0 Å². The second-order valence-electron chi connectivity index (χ2n) is 4.85. The molecule has 1 fully saturated rings. The second kappa shape index (κ2) is 6.87. The van der Waals surface area contributed by atoms with Gasteiger partial charge in [0.1, 0.15) is 11.9 Å². The minimum absolute atomic E-state index is 0.0367. The highest BCUT2D eigenvalue weighted by Crippen LogP contribution is 2.24. The number of pyridine rings is 1. The highest BCUT2D eigenvalue weighted by molar-refractivity contribution is 5.79. The molecule has 106 valence electrons. The number of nitrogens with zero attached hydrogens (tertiary/aromatic N) is 3. The summed E-state index contributed by atoms with van der Waals surface area (Å²) in [5.74, 6) is 0.643. The Labute approximate surface area is 118 Å². The number of hydrogen-bond donors (Lipinski definition) is 2. The van der Waals surface area contributed by atoms with Crippen LogP contribution in [0.15, 0.2) is 18.3 Å². The van der Waals surface area contributed by atoms with E-state index in [-0.39, 0.29) is 11.8 Å². The molecule has 0 aromatic carbocycles. The van der Waals surface area contributed by atoms with Gasteiger partial charge in [-0.05, 0) is 25.0 Å². The first-order chi connectivity index (χ1) is 9.76. The number of piperidine rings is 1. The first-order valence-electron chi connectivity index (χ1n) is 6.84. The van der Waals surface area contributed by atoms with Crippen LogP contribution in [0.2, 0.25) is 0 Å². The van der Waals surface area contributed by atoms with Crippen molar-refractivity contribution in [3.8, 4) is 6.07 Å². The third-order valence-electron chi connectivity index (χ3n) is 3.44. The topological polar surface area (TPSA) is 95.0 Å². The average molecular weight is 273 g/mol. The number of hydrogen-bond acceptors (Lipinski definition) is 5. The fourth-order valence-electron chi connectivity index (χ4n) is 2.46. The highest BCUT2D eigenvalue weighted by atomic mass is 16.1. The van der Waals surface area contributed by atoms with Crippen molar-refractivity contribution in [2.24, 2.45) is 11.7 Å². The molecule has 0 aliphatic carbocycles. The molecule has 3 N–H and O–H groups in total. The molecule has 20 heavy (non-hydrogen) atoms. The van der Waals surface area contributed by atoms with Gasteiger partial charge in [0.05, 0.1) is 11.5 Å². The van der Waals surface area contributed by atoms with Crippen LogP contribution in [-0.2, 0) is 4.79 Å². The van der Waals surface area contributed by atoms with Gasteiger partial charge < -0.3 is 16.0 Å². The smallest absolute Gasteiger partial charge is 0.224 e. The Morgan fingerprint density at radius 1 is 1.65 bits per heavy atom. The summed E-state index contributed by atoms with van der Waals surface area (Å²) in [6.45, 7) is 2.37. The van der Waals surface area contributed by atoms with E-state index in [4.69, 9.17) is 11.0 Å². The lowest BCUT2D eigenvalue weighted by molar-refractivity contribution is -0.125. The minimum Gasteiger partial charge on any atom is -0.355 e. The average Bonchev–Trinajstić information content (AvgIpc) is 2.52. The quantitative estimate of drug-likeness (QED) is 0.819. The summed E-state index contributed by atoms with van der Waals surface area (Å²) in [6, 6.07) is 5.65. The lowest BCUT2D eigenvalue weighted by atomic mass is 9.97. The predicted octanol–water partition coefficient (Wildman–Crippen LogP) is 0.245. The van der Waals surface area contributed by atoms with Gasteiger partial charge in [-0.3, -0.25) is 4.79 Å². The molecule has 0 bridgehead atoms. The van der Waals surface area contributed by atoms with Crippen molar-refractivity contribution in [1.82, 2.24) is 10.3 Å². The summed E-state index contributed by atoms with van der Waals surface area (Å²) < 4.78 is 0. The Morgan fingerprint density at radius 2 is 2.50 bits per heavy atom. The van der Waals surface area contributed by atoms with Gasteiger partial charge >= 0.3 is 0 Å². The van der Waals surface area contributed by atoms with E-state index in [0.717, 1.165) is 19.4 Å². The number of carbonyl (C=O) groups excluding carboxylic acids is 1. The van der Waals surface area contributed by atoms with Gasteiger partial charge in [-0.2, -0.15) is 5.26 Å². The summed E-state index contributed by atoms with van der Waals surface area (Å²) in [6.07, 6.45) is 3.46. The molecule has 1 aromatic rings. The largest absolute Gasteiger partial charge is 0.355 e. The van der Waals surface area contributed by atoms with E-state index >= 15 is 0 Å². The van der Waals surface area contributed by atoms with Crippen LogP contribution in [0.5, 0.6) is 0 Å². The van der Waals surface area contributed by atoms with Crippen LogP contribution in [-0.4, -0.2) is 37.1 Å². The molecule has 1 aliphatic rings. The molecular weight excluding hydrogens is 254 g/mol. The van der Waals surface area contributed by atoms with Crippen LogP contribution < -0.4 is 16.0 Å². The zero-order valence-corrected chi connectivity index (χ0v) is 11.4. The zero-order chi connectivity index (χ0) is 14.4. The number of nitrogens with two attached hydrogens (primary N) is 1. The van der Waals surface area contributed by atoms with Crippen LogP contribution in [0.25, 0.3) is 0 Å². The van der Waals surface area contributed by atoms with E-state index in [1.54, 1.807) is 18.3 Å². The molecule has 2 heterocycles. The van der Waals surface area contributed by atoms with E-state index in [0.29, 0.717) is 31.0 Å². The maximum absolute atomic E-state index is 12.0. The van der Waals surface area contributed by atoms with Gasteiger partial charge in [0.15, 0.2) is 0 Å². The number of anilines is 1. The molecule has 1 atom stereocenters. The first-order valence-corrected chi connectivity index (χ1v) is 6.84. The second-order valence-corrected chi connectivity index (χ2v) is 4.85. The third-order valence-corrected chi connectivity index (χ3v) is 3.44. The van der Waals surface area contributed by atoms with Crippen LogP contribution in [0.4, 0.5) is 5.82 Å². The summed E-state index contributed by atoms with van der Waals surface area (Å²) >= 11 is 0. The van der Waals surface area contributed by atoms with Gasteiger partial charge in [-0.25, -0.2) is 4.98 Å². The number of rotatable bonds is 4. The number of nitriles is 1. The molecule has 1 aliphatic heterocycles. The maximum Gasteiger partial charge on any atom is 0.224 e. The van der Waals surface area contributed by atoms with Gasteiger partial charge in [-0.1, -0.05) is 0 Å². The molecule has 0 radical (unpaired) electrons. The van der Waals surface area contributed by atoms with E-state index in [1.807, 2.05) is 4.90 Å². The highest BCUT2D eigenvalue weighted by Gasteiger charge is 2.27. The van der Waals surface area contributed by atoms with Crippen molar-refractivity contribution in [3.05, 3.63) is 23.9 Å². The third kappa shape index (κ3) is 3.25. The number of carbonyl (C=O) groups is 1. The maximum atomic E-state index is 12.0. The molecule has 6 heteroatoms.